The fraction of sp³-hybridized carbons (Fsp3) is 0.733. The van der Waals surface area contributed by atoms with Crippen molar-refractivity contribution < 1.29 is 0 Å². The normalized spacial score (nSPS) is 21.2. The van der Waals surface area contributed by atoms with Gasteiger partial charge in [0.15, 0.2) is 0 Å². The number of hydrogen-bond donors (Lipinski definition) is 1. The van der Waals surface area contributed by atoms with E-state index >= 15 is 0 Å². The second-order valence-electron chi connectivity index (χ2n) is 5.82. The second kappa shape index (κ2) is 6.84. The lowest BCUT2D eigenvalue weighted by Crippen LogP contribution is -2.44. The molecule has 2 heterocycles. The minimum absolute atomic E-state index is 0.726. The van der Waals surface area contributed by atoms with Gasteiger partial charge in [-0.2, -0.15) is 0 Å². The number of aryl methyl sites for hydroxylation is 1. The lowest BCUT2D eigenvalue weighted by atomic mass is 10.0. The van der Waals surface area contributed by atoms with E-state index in [1.54, 1.807) is 0 Å². The first-order chi connectivity index (χ1) is 9.10. The van der Waals surface area contributed by atoms with Crippen LogP contribution in [0, 0.1) is 6.92 Å². The SMILES string of the molecule is CNCc1cc(CN2CCCC(N(C)C)C2)c(C)s1. The van der Waals surface area contributed by atoms with Gasteiger partial charge in [-0.15, -0.1) is 11.3 Å². The van der Waals surface area contributed by atoms with Crippen LogP contribution in [0.5, 0.6) is 0 Å². The van der Waals surface area contributed by atoms with E-state index < -0.39 is 0 Å². The number of nitrogens with zero attached hydrogens (tertiary/aromatic N) is 2. The largest absolute Gasteiger partial charge is 0.315 e. The van der Waals surface area contributed by atoms with Gasteiger partial charge in [0.1, 0.15) is 0 Å². The summed E-state index contributed by atoms with van der Waals surface area (Å²) in [5, 5.41) is 3.24. The van der Waals surface area contributed by atoms with Crippen LogP contribution in [-0.4, -0.2) is 50.1 Å². The molecule has 1 aliphatic rings. The summed E-state index contributed by atoms with van der Waals surface area (Å²) >= 11 is 1.94. The standard InChI is InChI=1S/C15H27N3S/c1-12-13(8-15(19-12)9-16-2)10-18-7-5-6-14(11-18)17(3)4/h8,14,16H,5-7,9-11H2,1-4H3. The van der Waals surface area contributed by atoms with Crippen LogP contribution in [0.15, 0.2) is 6.07 Å². The first kappa shape index (κ1) is 15.0. The van der Waals surface area contributed by atoms with E-state index in [4.69, 9.17) is 0 Å². The molecule has 1 aliphatic heterocycles. The predicted octanol–water partition coefficient (Wildman–Crippen LogP) is 2.30. The van der Waals surface area contributed by atoms with E-state index in [0.29, 0.717) is 0 Å². The van der Waals surface area contributed by atoms with Crippen LogP contribution >= 0.6 is 11.3 Å². The third-order valence-electron chi connectivity index (χ3n) is 4.03. The molecule has 0 aromatic carbocycles. The number of thiophene rings is 1. The van der Waals surface area contributed by atoms with Crippen LogP contribution in [0.2, 0.25) is 0 Å². The molecular formula is C15H27N3S. The Kier molecular flexibility index (Phi) is 5.39. The Hall–Kier alpha value is -0.420. The third-order valence-corrected chi connectivity index (χ3v) is 5.12. The van der Waals surface area contributed by atoms with Crippen molar-refractivity contribution in [2.24, 2.45) is 0 Å². The van der Waals surface area contributed by atoms with Crippen molar-refractivity contribution in [1.29, 1.82) is 0 Å². The summed E-state index contributed by atoms with van der Waals surface area (Å²) in [6, 6.07) is 3.11. The number of hydrogen-bond acceptors (Lipinski definition) is 4. The monoisotopic (exact) mass is 281 g/mol. The van der Waals surface area contributed by atoms with Crippen molar-refractivity contribution >= 4 is 11.3 Å². The molecular weight excluding hydrogens is 254 g/mol. The molecule has 1 fully saturated rings. The Labute approximate surface area is 121 Å². The zero-order chi connectivity index (χ0) is 13.8. The van der Waals surface area contributed by atoms with Crippen LogP contribution in [0.25, 0.3) is 0 Å². The summed E-state index contributed by atoms with van der Waals surface area (Å²) in [5.74, 6) is 0. The number of likely N-dealkylation sites (N-methyl/N-ethyl adjacent to an activating group) is 1. The van der Waals surface area contributed by atoms with E-state index in [0.717, 1.165) is 19.1 Å². The highest BCUT2D eigenvalue weighted by Gasteiger charge is 2.22. The molecule has 108 valence electrons. The van der Waals surface area contributed by atoms with Gasteiger partial charge in [-0.1, -0.05) is 0 Å². The molecule has 19 heavy (non-hydrogen) atoms. The molecule has 4 heteroatoms. The lowest BCUT2D eigenvalue weighted by Gasteiger charge is -2.36. The zero-order valence-corrected chi connectivity index (χ0v) is 13.5. The molecule has 1 unspecified atom stereocenters. The molecule has 0 amide bonds. The van der Waals surface area contributed by atoms with Gasteiger partial charge in [-0.3, -0.25) is 4.90 Å². The summed E-state index contributed by atoms with van der Waals surface area (Å²) in [6.07, 6.45) is 2.67. The van der Waals surface area contributed by atoms with Crippen molar-refractivity contribution in [3.8, 4) is 0 Å². The third kappa shape index (κ3) is 4.02. The van der Waals surface area contributed by atoms with Crippen molar-refractivity contribution in [3.63, 3.8) is 0 Å². The second-order valence-corrected chi connectivity index (χ2v) is 7.16. The summed E-state index contributed by atoms with van der Waals surface area (Å²) in [7, 11) is 6.42. The van der Waals surface area contributed by atoms with Crippen molar-refractivity contribution in [2.45, 2.75) is 38.9 Å². The van der Waals surface area contributed by atoms with Crippen LogP contribution < -0.4 is 5.32 Å². The maximum absolute atomic E-state index is 3.24. The molecule has 3 nitrogen and oxygen atoms in total. The Bertz CT molecular complexity index is 400. The molecule has 1 atom stereocenters. The van der Waals surface area contributed by atoms with Crippen LogP contribution in [0.3, 0.4) is 0 Å². The molecule has 2 rings (SSSR count). The van der Waals surface area contributed by atoms with Crippen LogP contribution in [-0.2, 0) is 13.1 Å². The molecule has 1 N–H and O–H groups in total. The molecule has 0 radical (unpaired) electrons. The van der Waals surface area contributed by atoms with Gasteiger partial charge in [-0.05, 0) is 59.1 Å². The van der Waals surface area contributed by atoms with E-state index in [1.165, 1.54) is 41.2 Å². The number of nitrogens with one attached hydrogen (secondary N) is 1. The fourth-order valence-corrected chi connectivity index (χ4v) is 3.91. The Morgan fingerprint density at radius 1 is 1.47 bits per heavy atom. The summed E-state index contributed by atoms with van der Waals surface area (Å²) in [6.45, 7) is 6.83. The topological polar surface area (TPSA) is 18.5 Å². The molecule has 1 aromatic rings. The van der Waals surface area contributed by atoms with E-state index in [-0.39, 0.29) is 0 Å². The average Bonchev–Trinajstić information content (AvgIpc) is 2.70. The molecule has 0 bridgehead atoms. The van der Waals surface area contributed by atoms with Gasteiger partial charge >= 0.3 is 0 Å². The number of likely N-dealkylation sites (tertiary alicyclic amines) is 1. The highest BCUT2D eigenvalue weighted by atomic mass is 32.1. The van der Waals surface area contributed by atoms with Gasteiger partial charge in [0.05, 0.1) is 0 Å². The summed E-state index contributed by atoms with van der Waals surface area (Å²) in [4.78, 5) is 7.93. The molecule has 0 spiro atoms. The molecule has 0 aliphatic carbocycles. The number of piperidine rings is 1. The Balaban J connectivity index is 1.96. The first-order valence-electron chi connectivity index (χ1n) is 7.21. The summed E-state index contributed by atoms with van der Waals surface area (Å²) < 4.78 is 0. The highest BCUT2D eigenvalue weighted by Crippen LogP contribution is 2.24. The van der Waals surface area contributed by atoms with E-state index in [1.807, 2.05) is 18.4 Å². The van der Waals surface area contributed by atoms with Gasteiger partial charge in [0, 0.05) is 35.4 Å². The lowest BCUT2D eigenvalue weighted by molar-refractivity contribution is 0.128. The van der Waals surface area contributed by atoms with Gasteiger partial charge < -0.3 is 10.2 Å². The van der Waals surface area contributed by atoms with Gasteiger partial charge in [0.2, 0.25) is 0 Å². The van der Waals surface area contributed by atoms with Gasteiger partial charge in [-0.25, -0.2) is 0 Å². The maximum Gasteiger partial charge on any atom is 0.0296 e. The average molecular weight is 281 g/mol. The highest BCUT2D eigenvalue weighted by molar-refractivity contribution is 7.12. The molecule has 0 saturated carbocycles. The quantitative estimate of drug-likeness (QED) is 0.893. The van der Waals surface area contributed by atoms with E-state index in [9.17, 15) is 0 Å². The van der Waals surface area contributed by atoms with Crippen molar-refractivity contribution in [2.75, 3.05) is 34.2 Å². The molecule has 1 aromatic heterocycles. The maximum atomic E-state index is 3.24. The van der Waals surface area contributed by atoms with Gasteiger partial charge in [0.25, 0.3) is 0 Å². The molecule has 1 saturated heterocycles. The smallest absolute Gasteiger partial charge is 0.0296 e. The minimum Gasteiger partial charge on any atom is -0.315 e. The van der Waals surface area contributed by atoms with Crippen molar-refractivity contribution in [3.05, 3.63) is 21.4 Å². The summed E-state index contributed by atoms with van der Waals surface area (Å²) in [5.41, 5.74) is 1.52. The minimum atomic E-state index is 0.726. The Morgan fingerprint density at radius 3 is 2.95 bits per heavy atom. The van der Waals surface area contributed by atoms with Crippen molar-refractivity contribution in [1.82, 2.24) is 15.1 Å². The first-order valence-corrected chi connectivity index (χ1v) is 8.03. The van der Waals surface area contributed by atoms with E-state index in [2.05, 4.69) is 42.2 Å². The number of rotatable bonds is 5. The predicted molar refractivity (Wildman–Crippen MR) is 83.8 cm³/mol. The van der Waals surface area contributed by atoms with Crippen LogP contribution in [0.1, 0.15) is 28.2 Å². The Morgan fingerprint density at radius 2 is 2.26 bits per heavy atom. The fourth-order valence-electron chi connectivity index (χ4n) is 2.84. The van der Waals surface area contributed by atoms with Crippen LogP contribution in [0.4, 0.5) is 0 Å². The zero-order valence-electron chi connectivity index (χ0n) is 12.7.